The Balaban J connectivity index is 1.78. The molecule has 1 aromatic heterocycles. The van der Waals surface area contributed by atoms with Crippen LogP contribution < -0.4 is 10.6 Å². The highest BCUT2D eigenvalue weighted by atomic mass is 16.2. The van der Waals surface area contributed by atoms with Crippen molar-refractivity contribution in [1.29, 1.82) is 0 Å². The number of para-hydroxylation sites is 2. The summed E-state index contributed by atoms with van der Waals surface area (Å²) in [4.78, 5) is 15.0. The van der Waals surface area contributed by atoms with Crippen LogP contribution in [-0.4, -0.2) is 11.0 Å². The van der Waals surface area contributed by atoms with Gasteiger partial charge in [0.15, 0.2) is 0 Å². The average Bonchev–Trinajstić information content (AvgIpc) is 2.89. The van der Waals surface area contributed by atoms with Gasteiger partial charge in [0.1, 0.15) is 0 Å². The van der Waals surface area contributed by atoms with Gasteiger partial charge < -0.3 is 15.6 Å². The number of hydrogen-bond donors (Lipinski definition) is 3. The van der Waals surface area contributed by atoms with Crippen molar-refractivity contribution in [1.82, 2.24) is 4.98 Å². The highest BCUT2D eigenvalue weighted by Crippen LogP contribution is 2.21. The van der Waals surface area contributed by atoms with Crippen LogP contribution in [0.3, 0.4) is 0 Å². The van der Waals surface area contributed by atoms with Gasteiger partial charge in [0, 0.05) is 17.3 Å². The Kier molecular flexibility index (Phi) is 2.90. The summed E-state index contributed by atoms with van der Waals surface area (Å²) < 4.78 is 0. The molecule has 0 atom stereocenters. The van der Waals surface area contributed by atoms with Crippen LogP contribution in [0, 0.1) is 0 Å². The average molecular weight is 251 g/mol. The normalized spacial score (nSPS) is 10.3. The molecule has 0 saturated heterocycles. The molecule has 0 unspecified atom stereocenters. The second kappa shape index (κ2) is 4.86. The first-order valence-electron chi connectivity index (χ1n) is 6.02. The van der Waals surface area contributed by atoms with Crippen molar-refractivity contribution < 1.29 is 4.79 Å². The van der Waals surface area contributed by atoms with Crippen LogP contribution in [0.25, 0.3) is 10.9 Å². The fourth-order valence-corrected chi connectivity index (χ4v) is 2.00. The van der Waals surface area contributed by atoms with Crippen LogP contribution in [0.1, 0.15) is 0 Å². The van der Waals surface area contributed by atoms with Gasteiger partial charge in [-0.05, 0) is 24.3 Å². The summed E-state index contributed by atoms with van der Waals surface area (Å²) in [6, 6.07) is 16.8. The Morgan fingerprint density at radius 3 is 2.58 bits per heavy atom. The number of hydrogen-bond acceptors (Lipinski definition) is 1. The lowest BCUT2D eigenvalue weighted by Crippen LogP contribution is -2.19. The molecule has 0 aliphatic heterocycles. The Bertz CT molecular complexity index is 703. The first-order chi connectivity index (χ1) is 9.33. The summed E-state index contributed by atoms with van der Waals surface area (Å²) in [7, 11) is 0. The van der Waals surface area contributed by atoms with Crippen molar-refractivity contribution in [3.63, 3.8) is 0 Å². The largest absolute Gasteiger partial charge is 0.359 e. The molecule has 0 saturated carbocycles. The van der Waals surface area contributed by atoms with Gasteiger partial charge in [-0.1, -0.05) is 30.3 Å². The van der Waals surface area contributed by atoms with E-state index in [-0.39, 0.29) is 6.03 Å². The fourth-order valence-electron chi connectivity index (χ4n) is 2.00. The lowest BCUT2D eigenvalue weighted by Gasteiger charge is -2.08. The van der Waals surface area contributed by atoms with Crippen molar-refractivity contribution in [3.05, 3.63) is 60.8 Å². The van der Waals surface area contributed by atoms with Crippen LogP contribution in [0.2, 0.25) is 0 Å². The molecule has 94 valence electrons. The number of aromatic amines is 1. The zero-order valence-electron chi connectivity index (χ0n) is 10.2. The van der Waals surface area contributed by atoms with Crippen molar-refractivity contribution in [2.75, 3.05) is 10.6 Å². The SMILES string of the molecule is O=C(Nc1ccccc1)Nc1cccc2cc[nH]c12. The number of aromatic nitrogens is 1. The second-order valence-electron chi connectivity index (χ2n) is 4.19. The molecule has 4 heteroatoms. The van der Waals surface area contributed by atoms with E-state index in [9.17, 15) is 4.79 Å². The molecule has 3 N–H and O–H groups in total. The summed E-state index contributed by atoms with van der Waals surface area (Å²) in [5.74, 6) is 0. The van der Waals surface area contributed by atoms with Gasteiger partial charge in [0.25, 0.3) is 0 Å². The summed E-state index contributed by atoms with van der Waals surface area (Å²) in [5.41, 5.74) is 2.44. The fraction of sp³-hybridized carbons (Fsp3) is 0. The topological polar surface area (TPSA) is 56.9 Å². The van der Waals surface area contributed by atoms with Crippen molar-refractivity contribution in [2.45, 2.75) is 0 Å². The standard InChI is InChI=1S/C15H13N3O/c19-15(17-12-6-2-1-3-7-12)18-13-8-4-5-11-9-10-16-14(11)13/h1-10,16H,(H2,17,18,19). The number of nitrogens with one attached hydrogen (secondary N) is 3. The molecule has 0 spiro atoms. The molecule has 2 aromatic carbocycles. The first kappa shape index (κ1) is 11.3. The predicted molar refractivity (Wildman–Crippen MR) is 77.4 cm³/mol. The summed E-state index contributed by atoms with van der Waals surface area (Å²) in [6.45, 7) is 0. The monoisotopic (exact) mass is 251 g/mol. The molecule has 4 nitrogen and oxygen atoms in total. The van der Waals surface area contributed by atoms with Crippen LogP contribution in [-0.2, 0) is 0 Å². The van der Waals surface area contributed by atoms with Gasteiger partial charge >= 0.3 is 6.03 Å². The number of amides is 2. The van der Waals surface area contributed by atoms with E-state index in [4.69, 9.17) is 0 Å². The Labute approximate surface area is 110 Å². The van der Waals surface area contributed by atoms with Crippen molar-refractivity contribution >= 4 is 28.3 Å². The molecule has 0 aliphatic carbocycles. The van der Waals surface area contributed by atoms with E-state index in [2.05, 4.69) is 15.6 Å². The lowest BCUT2D eigenvalue weighted by molar-refractivity contribution is 0.262. The number of fused-ring (bicyclic) bond motifs is 1. The maximum Gasteiger partial charge on any atom is 0.323 e. The Hall–Kier alpha value is -2.75. The molecule has 3 aromatic rings. The molecule has 0 bridgehead atoms. The maximum absolute atomic E-state index is 11.9. The number of H-pyrrole nitrogens is 1. The number of urea groups is 1. The van der Waals surface area contributed by atoms with Crippen LogP contribution in [0.15, 0.2) is 60.8 Å². The quantitative estimate of drug-likeness (QED) is 0.637. The van der Waals surface area contributed by atoms with E-state index in [0.29, 0.717) is 0 Å². The van der Waals surface area contributed by atoms with Gasteiger partial charge in [-0.15, -0.1) is 0 Å². The maximum atomic E-state index is 11.9. The number of carbonyl (C=O) groups is 1. The minimum Gasteiger partial charge on any atom is -0.359 e. The molecule has 1 heterocycles. The number of rotatable bonds is 2. The van der Waals surface area contributed by atoms with E-state index < -0.39 is 0 Å². The summed E-state index contributed by atoms with van der Waals surface area (Å²) in [6.07, 6.45) is 1.85. The molecular weight excluding hydrogens is 238 g/mol. The van der Waals surface area contributed by atoms with Crippen LogP contribution >= 0.6 is 0 Å². The lowest BCUT2D eigenvalue weighted by atomic mass is 10.2. The highest BCUT2D eigenvalue weighted by Gasteiger charge is 2.06. The Morgan fingerprint density at radius 1 is 0.895 bits per heavy atom. The molecular formula is C15H13N3O. The van der Waals surface area contributed by atoms with Gasteiger partial charge in [-0.25, -0.2) is 4.79 Å². The third kappa shape index (κ3) is 2.42. The van der Waals surface area contributed by atoms with Gasteiger partial charge in [0.2, 0.25) is 0 Å². The highest BCUT2D eigenvalue weighted by molar-refractivity contribution is 6.05. The van der Waals surface area contributed by atoms with Gasteiger partial charge in [-0.3, -0.25) is 0 Å². The van der Waals surface area contributed by atoms with Crippen LogP contribution in [0.4, 0.5) is 16.2 Å². The second-order valence-corrected chi connectivity index (χ2v) is 4.19. The van der Waals surface area contributed by atoms with E-state index in [1.54, 1.807) is 0 Å². The third-order valence-electron chi connectivity index (χ3n) is 2.87. The predicted octanol–water partition coefficient (Wildman–Crippen LogP) is 3.81. The molecule has 0 fully saturated rings. The van der Waals surface area contributed by atoms with E-state index in [0.717, 1.165) is 22.3 Å². The molecule has 19 heavy (non-hydrogen) atoms. The van der Waals surface area contributed by atoms with Gasteiger partial charge in [0.05, 0.1) is 11.2 Å². The minimum atomic E-state index is -0.256. The number of benzene rings is 2. The number of carbonyl (C=O) groups excluding carboxylic acids is 1. The molecule has 0 aliphatic rings. The first-order valence-corrected chi connectivity index (χ1v) is 6.02. The van der Waals surface area contributed by atoms with E-state index >= 15 is 0 Å². The van der Waals surface area contributed by atoms with E-state index in [1.807, 2.05) is 60.8 Å². The zero-order chi connectivity index (χ0) is 13.1. The van der Waals surface area contributed by atoms with Crippen molar-refractivity contribution in [3.8, 4) is 0 Å². The van der Waals surface area contributed by atoms with Crippen molar-refractivity contribution in [2.24, 2.45) is 0 Å². The minimum absolute atomic E-state index is 0.256. The summed E-state index contributed by atoms with van der Waals surface area (Å²) in [5, 5.41) is 6.69. The Morgan fingerprint density at radius 2 is 1.74 bits per heavy atom. The molecule has 0 radical (unpaired) electrons. The summed E-state index contributed by atoms with van der Waals surface area (Å²) >= 11 is 0. The molecule has 3 rings (SSSR count). The van der Waals surface area contributed by atoms with Crippen LogP contribution in [0.5, 0.6) is 0 Å². The smallest absolute Gasteiger partial charge is 0.323 e. The third-order valence-corrected chi connectivity index (χ3v) is 2.87. The zero-order valence-corrected chi connectivity index (χ0v) is 10.2. The van der Waals surface area contributed by atoms with Gasteiger partial charge in [-0.2, -0.15) is 0 Å². The number of anilines is 2. The molecule has 2 amide bonds. The van der Waals surface area contributed by atoms with E-state index in [1.165, 1.54) is 0 Å².